The Hall–Kier alpha value is -7.04. The molecule has 0 fully saturated rings. The summed E-state index contributed by atoms with van der Waals surface area (Å²) >= 11 is 0. The van der Waals surface area contributed by atoms with Crippen LogP contribution in [-0.2, 0) is 16.2 Å². The zero-order valence-corrected chi connectivity index (χ0v) is 39.5. The van der Waals surface area contributed by atoms with Crippen molar-refractivity contribution in [3.8, 4) is 78.6 Å². The van der Waals surface area contributed by atoms with Crippen molar-refractivity contribution in [2.45, 2.75) is 92.3 Å². The fourth-order valence-electron chi connectivity index (χ4n) is 8.88. The first-order valence-corrected chi connectivity index (χ1v) is 22.5. The Balaban J connectivity index is 1.34. The van der Waals surface area contributed by atoms with Crippen LogP contribution in [0.15, 0.2) is 164 Å². The maximum Gasteiger partial charge on any atom is 0.149 e. The third-order valence-electron chi connectivity index (χ3n) is 12.5. The average molecular weight is 872 g/mol. The van der Waals surface area contributed by atoms with Crippen LogP contribution in [0, 0.1) is 13.8 Å². The molecular formula is C62H61N3O. The summed E-state index contributed by atoms with van der Waals surface area (Å²) < 4.78 is 71.9. The number of nitrogens with zero attached hydrogens (tertiary/aromatic N) is 3. The quantitative estimate of drug-likeness (QED) is 0.174. The van der Waals surface area contributed by atoms with E-state index in [1.54, 1.807) is 24.4 Å². The first-order valence-electron chi connectivity index (χ1n) is 26.5. The van der Waals surface area contributed by atoms with Crippen molar-refractivity contribution in [2.24, 2.45) is 0 Å². The maximum absolute atomic E-state index is 12.1. The number of phenolic OH excluding ortho intramolecular Hbond substituents is 1. The number of rotatable bonds is 7. The molecule has 2 heterocycles. The van der Waals surface area contributed by atoms with Gasteiger partial charge in [-0.1, -0.05) is 171 Å². The van der Waals surface area contributed by atoms with Gasteiger partial charge in [-0.3, -0.25) is 9.55 Å². The highest BCUT2D eigenvalue weighted by molar-refractivity contribution is 5.97. The molecule has 0 saturated heterocycles. The van der Waals surface area contributed by atoms with Gasteiger partial charge in [-0.15, -0.1) is 0 Å². The van der Waals surface area contributed by atoms with Crippen LogP contribution in [0.2, 0.25) is 0 Å². The van der Waals surface area contributed by atoms with Gasteiger partial charge in [-0.25, -0.2) is 4.98 Å². The first kappa shape index (κ1) is 35.2. The molecule has 9 aromatic rings. The molecule has 0 spiro atoms. The summed E-state index contributed by atoms with van der Waals surface area (Å²) in [4.78, 5) is 10.2. The Labute approximate surface area is 403 Å². The molecule has 0 radical (unpaired) electrons. The number of aryl methyl sites for hydroxylation is 2. The van der Waals surface area contributed by atoms with E-state index in [-0.39, 0.29) is 45.2 Å². The number of fused-ring (bicyclic) bond motifs is 1. The second-order valence-corrected chi connectivity index (χ2v) is 20.4. The van der Waals surface area contributed by atoms with Crippen molar-refractivity contribution >= 4 is 11.0 Å². The van der Waals surface area contributed by atoms with Crippen molar-refractivity contribution < 1.29 is 16.1 Å². The summed E-state index contributed by atoms with van der Waals surface area (Å²) in [5, 5.41) is 12.1. The number of para-hydroxylation sites is 1. The predicted octanol–water partition coefficient (Wildman–Crippen LogP) is 16.6. The number of aromatic nitrogens is 3. The third-order valence-corrected chi connectivity index (χ3v) is 12.5. The number of benzene rings is 7. The molecule has 0 amide bonds. The molecule has 4 nitrogen and oxygen atoms in total. The van der Waals surface area contributed by atoms with E-state index in [0.29, 0.717) is 44.9 Å². The van der Waals surface area contributed by atoms with Gasteiger partial charge >= 0.3 is 0 Å². The molecule has 0 aliphatic carbocycles. The number of imidazole rings is 1. The molecular weight excluding hydrogens is 803 g/mol. The molecule has 0 unspecified atom stereocenters. The summed E-state index contributed by atoms with van der Waals surface area (Å²) in [6, 6.07) is 39.6. The molecule has 9 rings (SSSR count). The lowest BCUT2D eigenvalue weighted by molar-refractivity contribution is 0.471. The van der Waals surface area contributed by atoms with Crippen molar-refractivity contribution in [2.75, 3.05) is 0 Å². The smallest absolute Gasteiger partial charge is 0.149 e. The summed E-state index contributed by atoms with van der Waals surface area (Å²) in [6.45, 7) is 18.5. The van der Waals surface area contributed by atoms with E-state index in [1.165, 1.54) is 0 Å². The van der Waals surface area contributed by atoms with Crippen LogP contribution in [0.4, 0.5) is 0 Å². The number of pyridine rings is 1. The Morgan fingerprint density at radius 2 is 1.24 bits per heavy atom. The van der Waals surface area contributed by atoms with Crippen molar-refractivity contribution in [3.05, 3.63) is 192 Å². The van der Waals surface area contributed by atoms with Crippen LogP contribution in [0.5, 0.6) is 5.75 Å². The van der Waals surface area contributed by atoms with E-state index in [2.05, 4.69) is 105 Å². The Morgan fingerprint density at radius 1 is 0.545 bits per heavy atom. The number of hydrogen-bond donors (Lipinski definition) is 1. The minimum absolute atomic E-state index is 0.0388. The highest BCUT2D eigenvalue weighted by Gasteiger charge is 2.27. The summed E-state index contributed by atoms with van der Waals surface area (Å²) in [6.07, 6.45) is 1.58. The van der Waals surface area contributed by atoms with E-state index in [4.69, 9.17) is 16.8 Å². The van der Waals surface area contributed by atoms with Crippen molar-refractivity contribution in [1.82, 2.24) is 14.5 Å². The third kappa shape index (κ3) is 8.37. The molecule has 2 aromatic heterocycles. The van der Waals surface area contributed by atoms with Crippen molar-refractivity contribution in [3.63, 3.8) is 0 Å². The average Bonchev–Trinajstić information content (AvgIpc) is 3.74. The van der Waals surface area contributed by atoms with Crippen LogP contribution in [0.1, 0.15) is 101 Å². The number of hydrogen-bond acceptors (Lipinski definition) is 3. The van der Waals surface area contributed by atoms with Crippen LogP contribution in [0.3, 0.4) is 0 Å². The van der Waals surface area contributed by atoms with Gasteiger partial charge in [-0.05, 0) is 145 Å². The minimum Gasteiger partial charge on any atom is -0.507 e. The summed E-state index contributed by atoms with van der Waals surface area (Å²) in [5.74, 6) is 0.412. The SMILES string of the molecule is [2H]c1c([2H])c([2H])c(-c2ccnc(-c3cc(-c4cccc5c4nc(-c4cc(C(C)(C)C)cc(C)c4O)n5-c4ccc(-c5c(-c6ccccc6)cccc5C(C)(C)C)cc4C([2H])([2H])[2H])cc(C(C)(C)C)c3)c2)c([2H])c1[2H]. The van der Waals surface area contributed by atoms with Gasteiger partial charge in [0.1, 0.15) is 11.6 Å². The lowest BCUT2D eigenvalue weighted by Gasteiger charge is -2.26. The van der Waals surface area contributed by atoms with Crippen LogP contribution in [0.25, 0.3) is 83.9 Å². The van der Waals surface area contributed by atoms with Crippen LogP contribution in [-0.4, -0.2) is 19.6 Å². The summed E-state index contributed by atoms with van der Waals surface area (Å²) in [5.41, 5.74) is 12.0. The van der Waals surface area contributed by atoms with Gasteiger partial charge < -0.3 is 5.11 Å². The maximum atomic E-state index is 12.1. The molecule has 0 aliphatic rings. The van der Waals surface area contributed by atoms with E-state index in [1.807, 2.05) is 78.2 Å². The van der Waals surface area contributed by atoms with E-state index < -0.39 is 25.0 Å². The minimum atomic E-state index is -2.60. The molecule has 4 heteroatoms. The molecule has 1 N–H and O–H groups in total. The molecule has 0 bridgehead atoms. The molecule has 66 heavy (non-hydrogen) atoms. The van der Waals surface area contributed by atoms with Crippen LogP contribution < -0.4 is 0 Å². The lowest BCUT2D eigenvalue weighted by Crippen LogP contribution is -2.13. The second kappa shape index (κ2) is 16.7. The van der Waals surface area contributed by atoms with Crippen LogP contribution >= 0.6 is 0 Å². The fourth-order valence-corrected chi connectivity index (χ4v) is 8.88. The predicted molar refractivity (Wildman–Crippen MR) is 279 cm³/mol. The molecule has 0 atom stereocenters. The standard InChI is InChI=1S/C62H61N3O/c1-39-32-44(56-49(42-22-16-13-17-23-42)24-18-26-52(56)62(9,10)11)28-29-54(39)65-55-27-19-25-50(57(55)64-59(65)51-38-47(60(3,4)5)33-40(2)58(51)66)45-34-46(36-48(35-45)61(6,7)8)53-37-43(30-31-63-53)41-20-14-12-15-21-41/h12-38,66H,1-11H3/i1D3,12D,14D,15D,20D,21D. The van der Waals surface area contributed by atoms with Gasteiger partial charge in [0.05, 0.1) is 34.8 Å². The van der Waals surface area contributed by atoms with Gasteiger partial charge in [0.2, 0.25) is 0 Å². The molecule has 7 aromatic carbocycles. The topological polar surface area (TPSA) is 50.9 Å². The van der Waals surface area contributed by atoms with E-state index >= 15 is 0 Å². The molecule has 330 valence electrons. The zero-order chi connectivity index (χ0) is 53.6. The highest BCUT2D eigenvalue weighted by atomic mass is 16.3. The van der Waals surface area contributed by atoms with Gasteiger partial charge in [0.25, 0.3) is 0 Å². The molecule has 0 aliphatic heterocycles. The Kier molecular flexibility index (Phi) is 8.95. The summed E-state index contributed by atoms with van der Waals surface area (Å²) in [7, 11) is 0. The van der Waals surface area contributed by atoms with E-state index in [9.17, 15) is 9.22 Å². The molecule has 0 saturated carbocycles. The first-order chi connectivity index (χ1) is 34.6. The van der Waals surface area contributed by atoms with Gasteiger partial charge in [-0.2, -0.15) is 0 Å². The van der Waals surface area contributed by atoms with Gasteiger partial charge in [0, 0.05) is 21.4 Å². The monoisotopic (exact) mass is 872 g/mol. The number of phenols is 1. The lowest BCUT2D eigenvalue weighted by atomic mass is 9.78. The fraction of sp³-hybridized carbons (Fsp3) is 0.226. The Bertz CT molecular complexity index is 3660. The van der Waals surface area contributed by atoms with Crippen molar-refractivity contribution in [1.29, 1.82) is 0 Å². The Morgan fingerprint density at radius 3 is 1.95 bits per heavy atom. The second-order valence-electron chi connectivity index (χ2n) is 20.4. The largest absolute Gasteiger partial charge is 0.507 e. The zero-order valence-electron chi connectivity index (χ0n) is 47.5. The number of aromatic hydroxyl groups is 1. The van der Waals surface area contributed by atoms with E-state index in [0.717, 1.165) is 55.6 Å². The highest BCUT2D eigenvalue weighted by Crippen LogP contribution is 2.45. The normalized spacial score (nSPS) is 14.2. The van der Waals surface area contributed by atoms with Gasteiger partial charge in [0.15, 0.2) is 0 Å².